The van der Waals surface area contributed by atoms with E-state index < -0.39 is 0 Å². The molecular weight excluding hydrogens is 759 g/mol. The third-order valence-corrected chi connectivity index (χ3v) is 11.8. The summed E-state index contributed by atoms with van der Waals surface area (Å²) in [5.74, 6) is 0.632. The number of nitrogens with zero attached hydrogens (tertiary/aromatic N) is 3. The van der Waals surface area contributed by atoms with Crippen LogP contribution in [0, 0.1) is 0 Å². The predicted molar refractivity (Wildman–Crippen MR) is 252 cm³/mol. The van der Waals surface area contributed by atoms with Crippen LogP contribution in [0.1, 0.15) is 0 Å². The molecule has 0 aliphatic rings. The van der Waals surface area contributed by atoms with Crippen molar-refractivity contribution in [2.45, 2.75) is 0 Å². The topological polar surface area (TPSA) is 65.0 Å². The van der Waals surface area contributed by atoms with Gasteiger partial charge in [0.1, 0.15) is 22.3 Å². The van der Waals surface area contributed by atoms with E-state index in [1.54, 1.807) is 6.20 Å². The molecule has 0 spiro atoms. The lowest BCUT2D eigenvalue weighted by Gasteiger charge is -2.14. The first-order chi connectivity index (χ1) is 30.7. The van der Waals surface area contributed by atoms with Gasteiger partial charge in [-0.2, -0.15) is 0 Å². The highest BCUT2D eigenvalue weighted by Crippen LogP contribution is 2.42. The summed E-state index contributed by atoms with van der Waals surface area (Å²) in [6, 6.07) is 69.5. The van der Waals surface area contributed by atoms with Crippen molar-refractivity contribution < 1.29 is 8.83 Å². The summed E-state index contributed by atoms with van der Waals surface area (Å²) in [4.78, 5) is 14.9. The fraction of sp³-hybridized carbons (Fsp3) is 0. The van der Waals surface area contributed by atoms with Crippen molar-refractivity contribution in [2.75, 3.05) is 0 Å². The third kappa shape index (κ3) is 6.23. The Morgan fingerprint density at radius 1 is 0.306 bits per heavy atom. The average molecular weight is 794 g/mol. The molecule has 12 aromatic rings. The van der Waals surface area contributed by atoms with Gasteiger partial charge in [-0.25, -0.2) is 9.97 Å². The van der Waals surface area contributed by atoms with E-state index in [0.29, 0.717) is 5.82 Å². The predicted octanol–water partition coefficient (Wildman–Crippen LogP) is 15.3. The second kappa shape index (κ2) is 14.7. The quantitative estimate of drug-likeness (QED) is 0.161. The highest BCUT2D eigenvalue weighted by molar-refractivity contribution is 6.11. The Morgan fingerprint density at radius 2 is 0.774 bits per heavy atom. The van der Waals surface area contributed by atoms with E-state index in [2.05, 4.69) is 169 Å². The Bertz CT molecular complexity index is 3380. The highest BCUT2D eigenvalue weighted by atomic mass is 16.3. The van der Waals surface area contributed by atoms with Gasteiger partial charge in [0.25, 0.3) is 0 Å². The van der Waals surface area contributed by atoms with Crippen LogP contribution in [0.2, 0.25) is 0 Å². The van der Waals surface area contributed by atoms with E-state index in [9.17, 15) is 0 Å². The molecular formula is C57H35N3O2. The van der Waals surface area contributed by atoms with Gasteiger partial charge in [-0.3, -0.25) is 4.98 Å². The van der Waals surface area contributed by atoms with Crippen molar-refractivity contribution in [3.63, 3.8) is 0 Å². The molecule has 0 saturated carbocycles. The van der Waals surface area contributed by atoms with Crippen LogP contribution in [0.15, 0.2) is 221 Å². The summed E-state index contributed by atoms with van der Waals surface area (Å²) >= 11 is 0. The minimum absolute atomic E-state index is 0.632. The van der Waals surface area contributed by atoms with E-state index in [-0.39, 0.29) is 0 Å². The van der Waals surface area contributed by atoms with Crippen LogP contribution in [-0.4, -0.2) is 15.0 Å². The third-order valence-electron chi connectivity index (χ3n) is 11.8. The zero-order chi connectivity index (χ0) is 41.0. The molecule has 0 radical (unpaired) electrons. The first kappa shape index (κ1) is 35.5. The number of rotatable bonds is 7. The molecule has 0 atom stereocenters. The summed E-state index contributed by atoms with van der Waals surface area (Å²) in [5, 5.41) is 4.32. The summed E-state index contributed by atoms with van der Waals surface area (Å²) in [7, 11) is 0. The molecule has 8 aromatic carbocycles. The van der Waals surface area contributed by atoms with Crippen molar-refractivity contribution in [3.05, 3.63) is 213 Å². The van der Waals surface area contributed by atoms with Crippen molar-refractivity contribution >= 4 is 43.9 Å². The number of benzene rings is 8. The van der Waals surface area contributed by atoms with Crippen LogP contribution in [-0.2, 0) is 0 Å². The molecule has 4 aromatic heterocycles. The molecule has 0 unspecified atom stereocenters. The smallest absolute Gasteiger partial charge is 0.160 e. The first-order valence-corrected chi connectivity index (χ1v) is 20.7. The number of aromatic nitrogens is 3. The molecule has 0 amide bonds. The van der Waals surface area contributed by atoms with Crippen molar-refractivity contribution in [1.82, 2.24) is 15.0 Å². The van der Waals surface area contributed by atoms with Gasteiger partial charge in [-0.15, -0.1) is 0 Å². The number of hydrogen-bond acceptors (Lipinski definition) is 5. The zero-order valence-electron chi connectivity index (χ0n) is 33.4. The van der Waals surface area contributed by atoms with Gasteiger partial charge in [0.15, 0.2) is 5.82 Å². The van der Waals surface area contributed by atoms with E-state index in [0.717, 1.165) is 111 Å². The zero-order valence-corrected chi connectivity index (χ0v) is 33.4. The molecule has 5 nitrogen and oxygen atoms in total. The van der Waals surface area contributed by atoms with E-state index in [1.807, 2.05) is 42.6 Å². The van der Waals surface area contributed by atoms with Gasteiger partial charge in [0.05, 0.1) is 11.4 Å². The molecule has 290 valence electrons. The number of pyridine rings is 1. The molecule has 0 aliphatic heterocycles. The molecule has 0 bridgehead atoms. The van der Waals surface area contributed by atoms with Crippen molar-refractivity contribution in [1.29, 1.82) is 0 Å². The van der Waals surface area contributed by atoms with Gasteiger partial charge in [-0.1, -0.05) is 158 Å². The summed E-state index contributed by atoms with van der Waals surface area (Å²) in [6.45, 7) is 0. The van der Waals surface area contributed by atoms with Gasteiger partial charge >= 0.3 is 0 Å². The minimum Gasteiger partial charge on any atom is -0.455 e. The SMILES string of the molecule is c1ccc(-c2ccc(-c3cc(-c4cc(-c5cccc6c5oc5ccccc56)cc(-c5cccc6c5oc5ccccc56)c4)nc(-c4ccc(-c5cccnc5)cc4)n3)cc2)cc1. The molecule has 5 heteroatoms. The normalized spacial score (nSPS) is 11.5. The lowest BCUT2D eigenvalue weighted by molar-refractivity contribution is 0.670. The van der Waals surface area contributed by atoms with Gasteiger partial charge in [-0.05, 0) is 75.8 Å². The summed E-state index contributed by atoms with van der Waals surface area (Å²) in [5.41, 5.74) is 16.3. The molecule has 0 saturated heterocycles. The molecule has 62 heavy (non-hydrogen) atoms. The van der Waals surface area contributed by atoms with E-state index in [1.165, 1.54) is 5.56 Å². The minimum atomic E-state index is 0.632. The summed E-state index contributed by atoms with van der Waals surface area (Å²) < 4.78 is 13.3. The van der Waals surface area contributed by atoms with Crippen molar-refractivity contribution in [2.24, 2.45) is 0 Å². The fourth-order valence-corrected chi connectivity index (χ4v) is 8.72. The molecule has 0 N–H and O–H groups in total. The van der Waals surface area contributed by atoms with Crippen LogP contribution in [0.5, 0.6) is 0 Å². The highest BCUT2D eigenvalue weighted by Gasteiger charge is 2.19. The molecule has 4 heterocycles. The Labute approximate surface area is 357 Å². The van der Waals surface area contributed by atoms with Crippen molar-refractivity contribution in [3.8, 4) is 78.4 Å². The Kier molecular flexibility index (Phi) is 8.42. The average Bonchev–Trinajstić information content (AvgIpc) is 3.93. The van der Waals surface area contributed by atoms with Crippen LogP contribution in [0.25, 0.3) is 122 Å². The van der Waals surface area contributed by atoms with Crippen LogP contribution in [0.4, 0.5) is 0 Å². The largest absolute Gasteiger partial charge is 0.455 e. The standard InChI is InChI=1S/C57H35N3O2/c1-2-11-36(12-3-1)37-22-26-39(27-23-37)51-34-52(60-57(59-51)40-28-24-38(25-29-40)41-13-10-30-58-35-41)44-32-42(45-16-8-18-49-47-14-4-6-20-53(47)61-55(45)49)31-43(33-44)46-17-9-19-50-48-15-5-7-21-54(48)62-56(46)50/h1-35H. The Balaban J connectivity index is 1.08. The lowest BCUT2D eigenvalue weighted by Crippen LogP contribution is -1.97. The van der Waals surface area contributed by atoms with Crippen LogP contribution in [0.3, 0.4) is 0 Å². The number of hydrogen-bond donors (Lipinski definition) is 0. The fourth-order valence-electron chi connectivity index (χ4n) is 8.72. The number of furan rings is 2. The van der Waals surface area contributed by atoms with E-state index in [4.69, 9.17) is 18.8 Å². The van der Waals surface area contributed by atoms with Gasteiger partial charge in [0, 0.05) is 61.8 Å². The number of para-hydroxylation sites is 4. The maximum absolute atomic E-state index is 6.63. The Morgan fingerprint density at radius 3 is 1.37 bits per heavy atom. The summed E-state index contributed by atoms with van der Waals surface area (Å²) in [6.07, 6.45) is 3.67. The first-order valence-electron chi connectivity index (χ1n) is 20.7. The number of fused-ring (bicyclic) bond motifs is 6. The molecule has 0 fully saturated rings. The van der Waals surface area contributed by atoms with Crippen LogP contribution >= 0.6 is 0 Å². The Hall–Kier alpha value is -8.41. The molecule has 0 aliphatic carbocycles. The maximum Gasteiger partial charge on any atom is 0.160 e. The second-order valence-corrected chi connectivity index (χ2v) is 15.6. The van der Waals surface area contributed by atoms with Crippen LogP contribution < -0.4 is 0 Å². The monoisotopic (exact) mass is 793 g/mol. The lowest BCUT2D eigenvalue weighted by atomic mass is 9.93. The maximum atomic E-state index is 6.63. The van der Waals surface area contributed by atoms with Gasteiger partial charge in [0.2, 0.25) is 0 Å². The van der Waals surface area contributed by atoms with Gasteiger partial charge < -0.3 is 8.83 Å². The molecule has 12 rings (SSSR count). The van der Waals surface area contributed by atoms with E-state index >= 15 is 0 Å². The second-order valence-electron chi connectivity index (χ2n) is 15.6.